The Morgan fingerprint density at radius 3 is 0.556 bits per heavy atom. The van der Waals surface area contributed by atoms with Gasteiger partial charge in [-0.15, -0.1) is 39.5 Å². The van der Waals surface area contributed by atoms with Crippen molar-refractivity contribution in [2.24, 2.45) is 0 Å². The monoisotopic (exact) mass is 138 g/mol. The van der Waals surface area contributed by atoms with Gasteiger partial charge in [-0.3, -0.25) is 0 Å². The predicted molar refractivity (Wildman–Crippen MR) is 44.9 cm³/mol. The predicted octanol–water partition coefficient (Wildman–Crippen LogP) is -0.153. The van der Waals surface area contributed by atoms with Crippen molar-refractivity contribution in [3.05, 3.63) is 39.5 Å². The third-order valence-corrected chi connectivity index (χ3v) is 0. The highest BCUT2D eigenvalue weighted by molar-refractivity contribution is 4.22. The first kappa shape index (κ1) is 94.1. The van der Waals surface area contributed by atoms with E-state index in [1.54, 1.807) is 0 Å². The van der Waals surface area contributed by atoms with E-state index < -0.39 is 0 Å². The molecule has 0 rings (SSSR count). The Kier molecular flexibility index (Phi) is 3150. The molecule has 0 atom stereocenters. The standard InChI is InChI=1S/3C2H4.FH.2H3N/c3*1-2;;;/h3*1-2H2;1H;2*1H3. The summed E-state index contributed by atoms with van der Waals surface area (Å²) in [6, 6.07) is 0. The fraction of sp³-hybridized carbons (Fsp3) is 0. The molecule has 0 aliphatic heterocycles. The molecule has 6 N–H and O–H groups in total. The van der Waals surface area contributed by atoms with E-state index in [-0.39, 0.29) is 18.4 Å². The van der Waals surface area contributed by atoms with Gasteiger partial charge in [0.25, 0.3) is 0 Å². The van der Waals surface area contributed by atoms with E-state index in [1.165, 1.54) is 0 Å². The molecule has 9 heavy (non-hydrogen) atoms. The summed E-state index contributed by atoms with van der Waals surface area (Å²) >= 11 is 0. The van der Waals surface area contributed by atoms with Crippen LogP contribution in [0.2, 0.25) is 0 Å². The molecule has 0 radical (unpaired) electrons. The highest BCUT2D eigenvalue weighted by Gasteiger charge is 0.605. The molecule has 0 aromatic carbocycles. The number of hydrogen-bond acceptors (Lipinski definition) is 2. The lowest BCUT2D eigenvalue weighted by molar-refractivity contribution is -0.00000235. The van der Waals surface area contributed by atoms with Gasteiger partial charge in [-0.05, 0) is 0 Å². The molecule has 0 saturated carbocycles. The largest absolute Gasteiger partial charge is 1.00 e. The lowest BCUT2D eigenvalue weighted by Gasteiger charge is -1.00. The highest BCUT2D eigenvalue weighted by Crippen LogP contribution is 0.866. The summed E-state index contributed by atoms with van der Waals surface area (Å²) in [5.41, 5.74) is 0. The second kappa shape index (κ2) is 301. The minimum Gasteiger partial charge on any atom is -1.00 e. The summed E-state index contributed by atoms with van der Waals surface area (Å²) in [5.74, 6) is 0. The van der Waals surface area contributed by atoms with Crippen LogP contribution in [-0.2, 0) is 0 Å². The summed E-state index contributed by atoms with van der Waals surface area (Å²) in [4.78, 5) is 0. The fourth-order valence-electron chi connectivity index (χ4n) is 0. The summed E-state index contributed by atoms with van der Waals surface area (Å²) < 4.78 is 0. The molecule has 0 bridgehead atoms. The Bertz CT molecular complexity index is 20.5. The molecule has 0 saturated heterocycles. The summed E-state index contributed by atoms with van der Waals surface area (Å²) in [6.45, 7) is 18.0. The maximum atomic E-state index is 3.00. The zero-order valence-electron chi connectivity index (χ0n) is 7.03. The first-order valence-corrected chi connectivity index (χ1v) is 1.50. The van der Waals surface area contributed by atoms with Crippen molar-refractivity contribution in [2.75, 3.05) is 0 Å². The van der Waals surface area contributed by atoms with E-state index in [1.807, 2.05) is 0 Å². The molecule has 3 heteroatoms. The van der Waals surface area contributed by atoms with E-state index in [2.05, 4.69) is 39.5 Å². The van der Waals surface area contributed by atoms with Gasteiger partial charge >= 0.3 is 1.43 Å². The molecule has 0 unspecified atom stereocenters. The first-order valence-electron chi connectivity index (χ1n) is 1.50. The van der Waals surface area contributed by atoms with E-state index in [9.17, 15) is 0 Å². The topological polar surface area (TPSA) is 70.0 Å². The smallest absolute Gasteiger partial charge is 1.00 e. The average molecular weight is 138 g/mol. The zero-order chi connectivity index (χ0) is 6.00. The van der Waals surface area contributed by atoms with E-state index in [0.717, 1.165) is 0 Å². The van der Waals surface area contributed by atoms with Crippen molar-refractivity contribution >= 4 is 0 Å². The van der Waals surface area contributed by atoms with Crippen LogP contribution in [0, 0.1) is 0 Å². The van der Waals surface area contributed by atoms with Gasteiger partial charge in [0.15, 0.2) is 0 Å². The molecular weight excluding hydrogens is 119 g/mol. The van der Waals surface area contributed by atoms with E-state index in [4.69, 9.17) is 0 Å². The lowest BCUT2D eigenvalue weighted by Crippen LogP contribution is -3.00. The second-order valence-corrected chi connectivity index (χ2v) is 0. The van der Waals surface area contributed by atoms with Gasteiger partial charge in [-0.2, -0.15) is 0 Å². The van der Waals surface area contributed by atoms with Crippen LogP contribution < -0.4 is 17.0 Å². The molecule has 0 aliphatic rings. The van der Waals surface area contributed by atoms with Gasteiger partial charge in [-0.25, -0.2) is 0 Å². The molecule has 0 aromatic heterocycles. The molecule has 0 spiro atoms. The highest BCUT2D eigenvalue weighted by atomic mass is 19.0. The SMILES string of the molecule is C=C.C=C.C=C.N.N.[F-].[H+]. The van der Waals surface area contributed by atoms with Gasteiger partial charge in [-0.1, -0.05) is 0 Å². The number of hydrogen-bond donors (Lipinski definition) is 2. The Balaban J connectivity index is -0.00000000225. The molecule has 0 fully saturated rings. The summed E-state index contributed by atoms with van der Waals surface area (Å²) in [5, 5.41) is 0. The average Bonchev–Trinajstić information content (AvgIpc) is 1.81. The van der Waals surface area contributed by atoms with Crippen LogP contribution in [0.4, 0.5) is 0 Å². The van der Waals surface area contributed by atoms with Crippen molar-refractivity contribution in [3.8, 4) is 0 Å². The van der Waals surface area contributed by atoms with Crippen LogP contribution in [0.15, 0.2) is 39.5 Å². The van der Waals surface area contributed by atoms with Crippen molar-refractivity contribution in [2.45, 2.75) is 0 Å². The molecule has 0 heterocycles. The molecule has 2 nitrogen and oxygen atoms in total. The van der Waals surface area contributed by atoms with Crippen LogP contribution in [0.25, 0.3) is 0 Å². The Morgan fingerprint density at radius 2 is 0.556 bits per heavy atom. The lowest BCUT2D eigenvalue weighted by atomic mass is 11.3. The van der Waals surface area contributed by atoms with Crippen LogP contribution in [0.1, 0.15) is 1.43 Å². The van der Waals surface area contributed by atoms with Crippen molar-refractivity contribution in [1.82, 2.24) is 12.3 Å². The molecule has 0 aromatic rings. The maximum absolute atomic E-state index is 3.00. The van der Waals surface area contributed by atoms with E-state index in [0.29, 0.717) is 0 Å². The minimum absolute atomic E-state index is 0. The normalized spacial score (nSPS) is 1.33. The van der Waals surface area contributed by atoms with E-state index >= 15 is 0 Å². The first-order chi connectivity index (χ1) is 3.00. The van der Waals surface area contributed by atoms with Crippen LogP contribution in [0.5, 0.6) is 0 Å². The minimum atomic E-state index is 0. The second-order valence-electron chi connectivity index (χ2n) is 0. The van der Waals surface area contributed by atoms with Crippen molar-refractivity contribution < 1.29 is 6.13 Å². The van der Waals surface area contributed by atoms with Gasteiger partial charge in [0, 0.05) is 0 Å². The third kappa shape index (κ3) is 210. The Labute approximate surface area is 59.0 Å². The van der Waals surface area contributed by atoms with Gasteiger partial charge in [0.2, 0.25) is 0 Å². The molecular formula is C6H19FN2. The van der Waals surface area contributed by atoms with Crippen molar-refractivity contribution in [1.29, 1.82) is 0 Å². The fourth-order valence-corrected chi connectivity index (χ4v) is 0. The molecule has 60 valence electrons. The summed E-state index contributed by atoms with van der Waals surface area (Å²) in [7, 11) is 0. The quantitative estimate of drug-likeness (QED) is 0.457. The van der Waals surface area contributed by atoms with Gasteiger partial charge in [0.1, 0.15) is 0 Å². The Morgan fingerprint density at radius 1 is 0.556 bits per heavy atom. The number of halogens is 1. The van der Waals surface area contributed by atoms with Crippen LogP contribution in [0.3, 0.4) is 0 Å². The third-order valence-electron chi connectivity index (χ3n) is 0. The van der Waals surface area contributed by atoms with Crippen LogP contribution in [-0.4, -0.2) is 0 Å². The van der Waals surface area contributed by atoms with Crippen LogP contribution >= 0.6 is 0 Å². The van der Waals surface area contributed by atoms with Gasteiger partial charge < -0.3 is 17.0 Å². The Hall–Kier alpha value is -0.930. The molecule has 0 amide bonds. The molecule has 0 aliphatic carbocycles. The zero-order valence-corrected chi connectivity index (χ0v) is 6.03. The maximum Gasteiger partial charge on any atom is 1.00 e. The number of rotatable bonds is 0. The van der Waals surface area contributed by atoms with Gasteiger partial charge in [0.05, 0.1) is 0 Å². The van der Waals surface area contributed by atoms with Crippen molar-refractivity contribution in [3.63, 3.8) is 0 Å². The summed E-state index contributed by atoms with van der Waals surface area (Å²) in [6.07, 6.45) is 0.